The highest BCUT2D eigenvalue weighted by Crippen LogP contribution is 2.25. The Balaban J connectivity index is 2.83. The molecule has 0 aliphatic rings. The van der Waals surface area contributed by atoms with Gasteiger partial charge in [-0.25, -0.2) is 0 Å². The molecule has 1 rings (SSSR count). The van der Waals surface area contributed by atoms with E-state index in [1.165, 1.54) is 24.0 Å². The standard InChI is InChI=1S/C14H24N2/c1-5-7-12(4)14(16-6-2)13-8-11(3)9-15-10-13/h8-10,12,14,16H,5-7H2,1-4H3. The Kier molecular flexibility index (Phi) is 5.47. The maximum Gasteiger partial charge on any atom is 0.0361 e. The van der Waals surface area contributed by atoms with Crippen LogP contribution in [-0.2, 0) is 0 Å². The molecular formula is C14H24N2. The molecule has 90 valence electrons. The van der Waals surface area contributed by atoms with Gasteiger partial charge < -0.3 is 5.32 Å². The Labute approximate surface area is 99.5 Å². The molecule has 0 saturated carbocycles. The van der Waals surface area contributed by atoms with Crippen LogP contribution in [0.3, 0.4) is 0 Å². The van der Waals surface area contributed by atoms with Crippen LogP contribution in [-0.4, -0.2) is 11.5 Å². The van der Waals surface area contributed by atoms with Crippen molar-refractivity contribution < 1.29 is 0 Å². The Morgan fingerprint density at radius 1 is 1.31 bits per heavy atom. The summed E-state index contributed by atoms with van der Waals surface area (Å²) >= 11 is 0. The molecule has 0 aliphatic heterocycles. The average molecular weight is 220 g/mol. The van der Waals surface area contributed by atoms with Crippen molar-refractivity contribution in [3.05, 3.63) is 29.6 Å². The van der Waals surface area contributed by atoms with E-state index in [2.05, 4.69) is 44.1 Å². The van der Waals surface area contributed by atoms with Crippen molar-refractivity contribution in [3.63, 3.8) is 0 Å². The minimum atomic E-state index is 0.442. The number of aryl methyl sites for hydroxylation is 1. The summed E-state index contributed by atoms with van der Waals surface area (Å²) < 4.78 is 0. The zero-order valence-corrected chi connectivity index (χ0v) is 11.0. The van der Waals surface area contributed by atoms with Gasteiger partial charge in [-0.1, -0.05) is 33.3 Å². The summed E-state index contributed by atoms with van der Waals surface area (Å²) in [6.07, 6.45) is 6.40. The number of pyridine rings is 1. The van der Waals surface area contributed by atoms with Gasteiger partial charge in [-0.15, -0.1) is 0 Å². The molecule has 0 aromatic carbocycles. The Bertz CT molecular complexity index is 309. The van der Waals surface area contributed by atoms with Crippen molar-refractivity contribution in [2.45, 2.75) is 46.6 Å². The largest absolute Gasteiger partial charge is 0.310 e. The van der Waals surface area contributed by atoms with E-state index < -0.39 is 0 Å². The Morgan fingerprint density at radius 2 is 2.06 bits per heavy atom. The SMILES string of the molecule is CCCC(C)C(NCC)c1cncc(C)c1. The lowest BCUT2D eigenvalue weighted by Crippen LogP contribution is -2.27. The number of hydrogen-bond donors (Lipinski definition) is 1. The molecule has 2 heteroatoms. The fourth-order valence-electron chi connectivity index (χ4n) is 2.24. The van der Waals surface area contributed by atoms with Crippen LogP contribution >= 0.6 is 0 Å². The van der Waals surface area contributed by atoms with Gasteiger partial charge in [0.2, 0.25) is 0 Å². The van der Waals surface area contributed by atoms with Gasteiger partial charge in [0, 0.05) is 18.4 Å². The van der Waals surface area contributed by atoms with Crippen LogP contribution in [0.25, 0.3) is 0 Å². The molecule has 1 aromatic heterocycles. The Morgan fingerprint density at radius 3 is 2.62 bits per heavy atom. The number of rotatable bonds is 6. The second-order valence-corrected chi connectivity index (χ2v) is 4.60. The second-order valence-electron chi connectivity index (χ2n) is 4.60. The minimum absolute atomic E-state index is 0.442. The van der Waals surface area contributed by atoms with Gasteiger partial charge >= 0.3 is 0 Å². The van der Waals surface area contributed by atoms with Crippen LogP contribution in [0, 0.1) is 12.8 Å². The predicted molar refractivity (Wildman–Crippen MR) is 69.5 cm³/mol. The van der Waals surface area contributed by atoms with Crippen LogP contribution in [0.15, 0.2) is 18.5 Å². The lowest BCUT2D eigenvalue weighted by molar-refractivity contribution is 0.368. The van der Waals surface area contributed by atoms with E-state index in [0.29, 0.717) is 12.0 Å². The first kappa shape index (κ1) is 13.2. The number of hydrogen-bond acceptors (Lipinski definition) is 2. The highest BCUT2D eigenvalue weighted by molar-refractivity contribution is 5.20. The summed E-state index contributed by atoms with van der Waals surface area (Å²) in [5.74, 6) is 0.661. The zero-order chi connectivity index (χ0) is 12.0. The third kappa shape index (κ3) is 3.60. The summed E-state index contributed by atoms with van der Waals surface area (Å²) in [7, 11) is 0. The molecule has 0 amide bonds. The van der Waals surface area contributed by atoms with E-state index in [4.69, 9.17) is 0 Å². The molecule has 2 unspecified atom stereocenters. The third-order valence-electron chi connectivity index (χ3n) is 2.99. The lowest BCUT2D eigenvalue weighted by Gasteiger charge is -2.25. The summed E-state index contributed by atoms with van der Waals surface area (Å²) in [6, 6.07) is 2.68. The van der Waals surface area contributed by atoms with Gasteiger partial charge in [-0.2, -0.15) is 0 Å². The molecule has 0 spiro atoms. The molecule has 16 heavy (non-hydrogen) atoms. The Hall–Kier alpha value is -0.890. The average Bonchev–Trinajstić information content (AvgIpc) is 2.26. The monoisotopic (exact) mass is 220 g/mol. The summed E-state index contributed by atoms with van der Waals surface area (Å²) in [6.45, 7) is 9.83. The van der Waals surface area contributed by atoms with Crippen LogP contribution in [0.5, 0.6) is 0 Å². The normalized spacial score (nSPS) is 14.8. The smallest absolute Gasteiger partial charge is 0.0361 e. The molecule has 1 aromatic rings. The lowest BCUT2D eigenvalue weighted by atomic mass is 9.91. The van der Waals surface area contributed by atoms with E-state index >= 15 is 0 Å². The van der Waals surface area contributed by atoms with Crippen LogP contribution in [0.1, 0.15) is 50.8 Å². The van der Waals surface area contributed by atoms with E-state index in [0.717, 1.165) is 6.54 Å². The maximum atomic E-state index is 4.29. The van der Waals surface area contributed by atoms with E-state index in [9.17, 15) is 0 Å². The van der Waals surface area contributed by atoms with Gasteiger partial charge in [-0.05, 0) is 36.9 Å². The van der Waals surface area contributed by atoms with Gasteiger partial charge in [0.1, 0.15) is 0 Å². The quantitative estimate of drug-likeness (QED) is 0.794. The molecule has 2 nitrogen and oxygen atoms in total. The summed E-state index contributed by atoms with van der Waals surface area (Å²) in [5, 5.41) is 3.57. The molecule has 1 N–H and O–H groups in total. The first-order valence-corrected chi connectivity index (χ1v) is 6.34. The molecule has 0 saturated heterocycles. The molecule has 0 radical (unpaired) electrons. The highest BCUT2D eigenvalue weighted by atomic mass is 14.9. The summed E-state index contributed by atoms with van der Waals surface area (Å²) in [5.41, 5.74) is 2.56. The van der Waals surface area contributed by atoms with Gasteiger partial charge in [0.25, 0.3) is 0 Å². The number of nitrogens with zero attached hydrogens (tertiary/aromatic N) is 1. The predicted octanol–water partition coefficient (Wildman–Crippen LogP) is 3.48. The van der Waals surface area contributed by atoms with Gasteiger partial charge in [0.15, 0.2) is 0 Å². The number of nitrogens with one attached hydrogen (secondary N) is 1. The van der Waals surface area contributed by atoms with Crippen LogP contribution in [0.2, 0.25) is 0 Å². The fourth-order valence-corrected chi connectivity index (χ4v) is 2.24. The van der Waals surface area contributed by atoms with Gasteiger partial charge in [-0.3, -0.25) is 4.98 Å². The maximum absolute atomic E-state index is 4.29. The first-order valence-electron chi connectivity index (χ1n) is 6.34. The fraction of sp³-hybridized carbons (Fsp3) is 0.643. The van der Waals surface area contributed by atoms with Crippen molar-refractivity contribution in [1.82, 2.24) is 10.3 Å². The number of aromatic nitrogens is 1. The minimum Gasteiger partial charge on any atom is -0.310 e. The molecule has 0 fully saturated rings. The molecular weight excluding hydrogens is 196 g/mol. The third-order valence-corrected chi connectivity index (χ3v) is 2.99. The first-order chi connectivity index (χ1) is 7.69. The van der Waals surface area contributed by atoms with Crippen LogP contribution < -0.4 is 5.32 Å². The van der Waals surface area contributed by atoms with Crippen LogP contribution in [0.4, 0.5) is 0 Å². The molecule has 0 aliphatic carbocycles. The molecule has 0 bridgehead atoms. The van der Waals surface area contributed by atoms with Crippen molar-refractivity contribution in [3.8, 4) is 0 Å². The van der Waals surface area contributed by atoms with E-state index in [1.807, 2.05) is 12.4 Å². The van der Waals surface area contributed by atoms with E-state index in [1.54, 1.807) is 0 Å². The van der Waals surface area contributed by atoms with Crippen molar-refractivity contribution >= 4 is 0 Å². The summed E-state index contributed by atoms with van der Waals surface area (Å²) in [4.78, 5) is 4.29. The molecule has 2 atom stereocenters. The van der Waals surface area contributed by atoms with E-state index in [-0.39, 0.29) is 0 Å². The molecule has 1 heterocycles. The van der Waals surface area contributed by atoms with Gasteiger partial charge in [0.05, 0.1) is 0 Å². The van der Waals surface area contributed by atoms with Crippen molar-refractivity contribution in [2.75, 3.05) is 6.54 Å². The topological polar surface area (TPSA) is 24.9 Å². The zero-order valence-electron chi connectivity index (χ0n) is 11.0. The second kappa shape index (κ2) is 6.64. The van der Waals surface area contributed by atoms with Crippen molar-refractivity contribution in [1.29, 1.82) is 0 Å². The van der Waals surface area contributed by atoms with Crippen molar-refractivity contribution in [2.24, 2.45) is 5.92 Å². The highest BCUT2D eigenvalue weighted by Gasteiger charge is 2.17.